The number of hydrogen-bond acceptors (Lipinski definition) is 4. The predicted octanol–water partition coefficient (Wildman–Crippen LogP) is 2.61. The average Bonchev–Trinajstić information content (AvgIpc) is 2.71. The van der Waals surface area contributed by atoms with E-state index in [4.69, 9.17) is 16.3 Å². The van der Waals surface area contributed by atoms with Gasteiger partial charge in [-0.1, -0.05) is 6.42 Å². The molecule has 4 nitrogen and oxygen atoms in total. The Bertz CT molecular complexity index is 386. The van der Waals surface area contributed by atoms with E-state index in [0.717, 1.165) is 18.8 Å². The van der Waals surface area contributed by atoms with E-state index in [-0.39, 0.29) is 0 Å². The first-order valence-electron chi connectivity index (χ1n) is 5.96. The number of aromatic nitrogens is 2. The quantitative estimate of drug-likeness (QED) is 0.841. The van der Waals surface area contributed by atoms with Crippen molar-refractivity contribution in [1.82, 2.24) is 9.97 Å². The second-order valence-electron chi connectivity index (χ2n) is 4.43. The average molecular weight is 256 g/mol. The standard InChI is InChI=1S/C12H18ClN3O/c1-8-15-11(6-12(16-8)17-2)14-7-9-4-3-5-10(9)13/h6,9-10H,3-5,7H2,1-2H3,(H,14,15,16). The number of nitrogens with one attached hydrogen (secondary N) is 1. The van der Waals surface area contributed by atoms with Gasteiger partial charge < -0.3 is 10.1 Å². The molecule has 0 bridgehead atoms. The molecule has 1 aromatic heterocycles. The van der Waals surface area contributed by atoms with Crippen LogP contribution in [0.1, 0.15) is 25.1 Å². The molecule has 1 aliphatic carbocycles. The van der Waals surface area contributed by atoms with Gasteiger partial charge in [-0.15, -0.1) is 11.6 Å². The minimum absolute atomic E-state index is 0.298. The van der Waals surface area contributed by atoms with Gasteiger partial charge in [-0.3, -0.25) is 0 Å². The van der Waals surface area contributed by atoms with Crippen molar-refractivity contribution in [1.29, 1.82) is 0 Å². The van der Waals surface area contributed by atoms with Crippen LogP contribution in [0.15, 0.2) is 6.07 Å². The molecule has 0 saturated heterocycles. The third kappa shape index (κ3) is 3.22. The first-order valence-corrected chi connectivity index (χ1v) is 6.40. The van der Waals surface area contributed by atoms with Crippen LogP contribution in [0.25, 0.3) is 0 Å². The highest BCUT2D eigenvalue weighted by molar-refractivity contribution is 6.20. The van der Waals surface area contributed by atoms with E-state index in [9.17, 15) is 0 Å². The summed E-state index contributed by atoms with van der Waals surface area (Å²) in [7, 11) is 1.61. The maximum absolute atomic E-state index is 6.24. The molecular weight excluding hydrogens is 238 g/mol. The molecule has 2 unspecified atom stereocenters. The molecule has 2 rings (SSSR count). The van der Waals surface area contributed by atoms with Crippen LogP contribution in [-0.4, -0.2) is 29.0 Å². The lowest BCUT2D eigenvalue weighted by Crippen LogP contribution is -2.19. The Hall–Kier alpha value is -1.03. The highest BCUT2D eigenvalue weighted by atomic mass is 35.5. The molecule has 1 N–H and O–H groups in total. The van der Waals surface area contributed by atoms with Crippen LogP contribution >= 0.6 is 11.6 Å². The highest BCUT2D eigenvalue weighted by Gasteiger charge is 2.24. The molecule has 0 amide bonds. The zero-order valence-electron chi connectivity index (χ0n) is 10.2. The van der Waals surface area contributed by atoms with Crippen molar-refractivity contribution < 1.29 is 4.74 Å². The molecule has 1 aliphatic rings. The number of alkyl halides is 1. The van der Waals surface area contributed by atoms with Crippen molar-refractivity contribution in [3.63, 3.8) is 0 Å². The van der Waals surface area contributed by atoms with E-state index in [1.165, 1.54) is 12.8 Å². The van der Waals surface area contributed by atoms with Gasteiger partial charge in [0.25, 0.3) is 0 Å². The van der Waals surface area contributed by atoms with Crippen LogP contribution < -0.4 is 10.1 Å². The maximum Gasteiger partial charge on any atom is 0.218 e. The summed E-state index contributed by atoms with van der Waals surface area (Å²) in [5.41, 5.74) is 0. The lowest BCUT2D eigenvalue weighted by atomic mass is 10.1. The SMILES string of the molecule is COc1cc(NCC2CCCC2Cl)nc(C)n1. The van der Waals surface area contributed by atoms with Crippen LogP contribution in [0, 0.1) is 12.8 Å². The van der Waals surface area contributed by atoms with Gasteiger partial charge in [-0.25, -0.2) is 4.98 Å². The van der Waals surface area contributed by atoms with E-state index in [1.54, 1.807) is 7.11 Å². The molecule has 0 aromatic carbocycles. The molecule has 94 valence electrons. The van der Waals surface area contributed by atoms with Gasteiger partial charge >= 0.3 is 0 Å². The topological polar surface area (TPSA) is 47.0 Å². The molecule has 2 atom stereocenters. The number of aryl methyl sites for hydroxylation is 1. The molecule has 17 heavy (non-hydrogen) atoms. The van der Waals surface area contributed by atoms with Gasteiger partial charge in [-0.05, 0) is 25.7 Å². The molecule has 1 fully saturated rings. The largest absolute Gasteiger partial charge is 0.481 e. The zero-order valence-corrected chi connectivity index (χ0v) is 11.0. The fourth-order valence-corrected chi connectivity index (χ4v) is 2.56. The van der Waals surface area contributed by atoms with E-state index < -0.39 is 0 Å². The summed E-state index contributed by atoms with van der Waals surface area (Å²) in [6.45, 7) is 2.72. The summed E-state index contributed by atoms with van der Waals surface area (Å²) in [6.07, 6.45) is 3.55. The van der Waals surface area contributed by atoms with Gasteiger partial charge in [0.2, 0.25) is 5.88 Å². The van der Waals surface area contributed by atoms with Gasteiger partial charge in [0.15, 0.2) is 0 Å². The molecule has 1 aromatic rings. The number of methoxy groups -OCH3 is 1. The first-order chi connectivity index (χ1) is 8.19. The Kier molecular flexibility index (Phi) is 4.05. The summed E-state index contributed by atoms with van der Waals surface area (Å²) in [5, 5.41) is 3.62. The van der Waals surface area contributed by atoms with E-state index in [0.29, 0.717) is 23.0 Å². The fraction of sp³-hybridized carbons (Fsp3) is 0.667. The maximum atomic E-state index is 6.24. The minimum Gasteiger partial charge on any atom is -0.481 e. The molecule has 0 radical (unpaired) electrons. The Labute approximate surface area is 107 Å². The summed E-state index contributed by atoms with van der Waals surface area (Å²) in [6, 6.07) is 1.81. The molecule has 1 saturated carbocycles. The van der Waals surface area contributed by atoms with E-state index in [1.807, 2.05) is 13.0 Å². The molecule has 0 aliphatic heterocycles. The van der Waals surface area contributed by atoms with Crippen LogP contribution in [0.3, 0.4) is 0 Å². The minimum atomic E-state index is 0.298. The lowest BCUT2D eigenvalue weighted by Gasteiger charge is -2.15. The lowest BCUT2D eigenvalue weighted by molar-refractivity contribution is 0.396. The third-order valence-corrected chi connectivity index (χ3v) is 3.71. The first kappa shape index (κ1) is 12.4. The Balaban J connectivity index is 1.96. The molecular formula is C12H18ClN3O. The number of halogens is 1. The summed E-state index contributed by atoms with van der Waals surface area (Å²) < 4.78 is 5.11. The molecule has 5 heteroatoms. The highest BCUT2D eigenvalue weighted by Crippen LogP contribution is 2.30. The van der Waals surface area contributed by atoms with Crippen molar-refractivity contribution in [3.8, 4) is 5.88 Å². The van der Waals surface area contributed by atoms with Crippen molar-refractivity contribution >= 4 is 17.4 Å². The summed E-state index contributed by atoms with van der Waals surface area (Å²) in [4.78, 5) is 8.47. The number of rotatable bonds is 4. The number of anilines is 1. The van der Waals surface area contributed by atoms with Gasteiger partial charge in [0.1, 0.15) is 11.6 Å². The van der Waals surface area contributed by atoms with Gasteiger partial charge in [0, 0.05) is 18.0 Å². The summed E-state index contributed by atoms with van der Waals surface area (Å²) in [5.74, 6) is 2.65. The second-order valence-corrected chi connectivity index (χ2v) is 4.99. The Morgan fingerprint density at radius 2 is 2.29 bits per heavy atom. The van der Waals surface area contributed by atoms with Gasteiger partial charge in [-0.2, -0.15) is 4.98 Å². The van der Waals surface area contributed by atoms with Crippen LogP contribution in [0.5, 0.6) is 5.88 Å². The summed E-state index contributed by atoms with van der Waals surface area (Å²) >= 11 is 6.24. The third-order valence-electron chi connectivity index (χ3n) is 3.14. The monoisotopic (exact) mass is 255 g/mol. The molecule has 1 heterocycles. The fourth-order valence-electron chi connectivity index (χ4n) is 2.19. The predicted molar refractivity (Wildman–Crippen MR) is 68.8 cm³/mol. The van der Waals surface area contributed by atoms with E-state index >= 15 is 0 Å². The van der Waals surface area contributed by atoms with E-state index in [2.05, 4.69) is 15.3 Å². The zero-order chi connectivity index (χ0) is 12.3. The van der Waals surface area contributed by atoms with Crippen molar-refractivity contribution in [3.05, 3.63) is 11.9 Å². The van der Waals surface area contributed by atoms with Crippen molar-refractivity contribution in [2.24, 2.45) is 5.92 Å². The number of hydrogen-bond donors (Lipinski definition) is 1. The Morgan fingerprint density at radius 1 is 1.47 bits per heavy atom. The smallest absolute Gasteiger partial charge is 0.218 e. The Morgan fingerprint density at radius 3 is 2.94 bits per heavy atom. The van der Waals surface area contributed by atoms with Crippen LogP contribution in [0.2, 0.25) is 0 Å². The van der Waals surface area contributed by atoms with Crippen molar-refractivity contribution in [2.45, 2.75) is 31.6 Å². The molecule has 0 spiro atoms. The number of nitrogens with zero attached hydrogens (tertiary/aromatic N) is 2. The van der Waals surface area contributed by atoms with Crippen molar-refractivity contribution in [2.75, 3.05) is 19.0 Å². The second kappa shape index (κ2) is 5.54. The van der Waals surface area contributed by atoms with Gasteiger partial charge in [0.05, 0.1) is 7.11 Å². The normalized spacial score (nSPS) is 23.7. The number of ether oxygens (including phenoxy) is 1. The van der Waals surface area contributed by atoms with Crippen LogP contribution in [-0.2, 0) is 0 Å². The van der Waals surface area contributed by atoms with Crippen LogP contribution in [0.4, 0.5) is 5.82 Å².